The zero-order chi connectivity index (χ0) is 10.8. The molecule has 0 unspecified atom stereocenters. The van der Waals surface area contributed by atoms with Gasteiger partial charge in [-0.05, 0) is 22.0 Å². The van der Waals surface area contributed by atoms with Crippen LogP contribution in [0.3, 0.4) is 0 Å². The smallest absolute Gasteiger partial charge is 0.292 e. The minimum absolute atomic E-state index is 0. The van der Waals surface area contributed by atoms with Gasteiger partial charge < -0.3 is 23.9 Å². The van der Waals surface area contributed by atoms with Gasteiger partial charge in [-0.25, -0.2) is 9.98 Å². The summed E-state index contributed by atoms with van der Waals surface area (Å²) in [5.41, 5.74) is 13.2. The second-order valence-electron chi connectivity index (χ2n) is 2.98. The number of aliphatic imine (C=N–C) groups is 1. The van der Waals surface area contributed by atoms with Gasteiger partial charge in [0.15, 0.2) is 5.96 Å². The topological polar surface area (TPSA) is 92.7 Å². The van der Waals surface area contributed by atoms with Gasteiger partial charge in [-0.2, -0.15) is 4.98 Å². The Balaban J connectivity index is 0.00000128. The third-order valence-corrected chi connectivity index (χ3v) is 2.72. The predicted molar refractivity (Wildman–Crippen MR) is 60.2 cm³/mol. The third kappa shape index (κ3) is 2.40. The van der Waals surface area contributed by atoms with Crippen molar-refractivity contribution < 1.29 is 22.4 Å². The van der Waals surface area contributed by atoms with Crippen LogP contribution in [0.1, 0.15) is 0 Å². The van der Waals surface area contributed by atoms with Crippen LogP contribution in [0.15, 0.2) is 34.0 Å². The molecule has 0 fully saturated rings. The molecule has 0 bridgehead atoms. The number of aromatic nitrogens is 2. The highest BCUT2D eigenvalue weighted by molar-refractivity contribution is 9.10. The van der Waals surface area contributed by atoms with Crippen LogP contribution in [-0.4, -0.2) is 5.96 Å². The predicted octanol–water partition coefficient (Wildman–Crippen LogP) is -2.86. The quantitative estimate of drug-likeness (QED) is 0.438. The molecule has 0 saturated carbocycles. The van der Waals surface area contributed by atoms with Crippen molar-refractivity contribution in [3.63, 3.8) is 0 Å². The molecule has 6 N–H and O–H groups in total. The number of benzene rings is 1. The second kappa shape index (κ2) is 5.09. The lowest BCUT2D eigenvalue weighted by Gasteiger charge is -1.96. The van der Waals surface area contributed by atoms with E-state index in [9.17, 15) is 0 Å². The largest absolute Gasteiger partial charge is 1.00 e. The van der Waals surface area contributed by atoms with E-state index in [4.69, 9.17) is 11.5 Å². The van der Waals surface area contributed by atoms with Gasteiger partial charge in [0.05, 0.1) is 5.69 Å². The fraction of sp³-hybridized carbons (Fsp3) is 0. The first-order chi connectivity index (χ1) is 7.18. The monoisotopic (exact) mass is 302 g/mol. The minimum atomic E-state index is 0. The lowest BCUT2D eigenvalue weighted by molar-refractivity contribution is -0.405. The van der Waals surface area contributed by atoms with E-state index in [0.717, 1.165) is 15.5 Å². The number of halogens is 2. The van der Waals surface area contributed by atoms with Crippen molar-refractivity contribution in [3.8, 4) is 0 Å². The van der Waals surface area contributed by atoms with Crippen LogP contribution in [0.25, 0.3) is 11.0 Å². The Labute approximate surface area is 107 Å². The molecule has 0 radical (unpaired) electrons. The second-order valence-corrected chi connectivity index (χ2v) is 3.77. The molecule has 0 atom stereocenters. The highest BCUT2D eigenvalue weighted by Gasteiger charge is 2.14. The Morgan fingerprint density at radius 1 is 1.19 bits per heavy atom. The van der Waals surface area contributed by atoms with Crippen molar-refractivity contribution in [1.29, 1.82) is 0 Å². The number of guanidine groups is 1. The first-order valence-electron chi connectivity index (χ1n) is 4.28. The number of nitrogens with zero attached hydrogens (tertiary/aromatic N) is 1. The fourth-order valence-corrected chi connectivity index (χ4v) is 1.86. The van der Waals surface area contributed by atoms with E-state index in [0.29, 0.717) is 5.69 Å². The summed E-state index contributed by atoms with van der Waals surface area (Å²) in [5, 5.41) is 0. The maximum atomic E-state index is 5.33. The number of nitrogens with one attached hydrogen (secondary N) is 2. The maximum Gasteiger partial charge on any atom is 0.292 e. The van der Waals surface area contributed by atoms with Crippen molar-refractivity contribution in [2.45, 2.75) is 0 Å². The van der Waals surface area contributed by atoms with Crippen LogP contribution >= 0.6 is 15.9 Å². The van der Waals surface area contributed by atoms with Crippen LogP contribution in [-0.2, 0) is 0 Å². The van der Waals surface area contributed by atoms with E-state index in [-0.39, 0.29) is 18.4 Å². The molecular formula is C9H10BrClN5+. The summed E-state index contributed by atoms with van der Waals surface area (Å²) in [7, 11) is 0. The number of aromatic amines is 2. The van der Waals surface area contributed by atoms with Crippen LogP contribution in [0.2, 0.25) is 0 Å². The average Bonchev–Trinajstić information content (AvgIpc) is 2.22. The first kappa shape index (κ1) is 12.7. The van der Waals surface area contributed by atoms with E-state index in [1.807, 2.05) is 18.3 Å². The normalized spacial score (nSPS) is 9.56. The Hall–Kier alpha value is -1.40. The molecule has 1 aromatic carbocycles. The Morgan fingerprint density at radius 2 is 1.88 bits per heavy atom. The van der Waals surface area contributed by atoms with Crippen LogP contribution < -0.4 is 33.8 Å². The minimum Gasteiger partial charge on any atom is -1.00 e. The average molecular weight is 304 g/mol. The number of H-pyrrole nitrogens is 2. The summed E-state index contributed by atoms with van der Waals surface area (Å²) >= 11 is 3.44. The molecule has 0 aliphatic heterocycles. The van der Waals surface area contributed by atoms with Crippen molar-refractivity contribution in [3.05, 3.63) is 29.0 Å². The fourth-order valence-electron chi connectivity index (χ4n) is 1.31. The molecule has 16 heavy (non-hydrogen) atoms. The zero-order valence-electron chi connectivity index (χ0n) is 8.17. The highest BCUT2D eigenvalue weighted by Crippen LogP contribution is 2.28. The van der Waals surface area contributed by atoms with Crippen LogP contribution in [0, 0.1) is 0 Å². The summed E-state index contributed by atoms with van der Waals surface area (Å²) in [5.74, 6) is 0.0370. The first-order valence-corrected chi connectivity index (χ1v) is 5.08. The Kier molecular flexibility index (Phi) is 4.03. The van der Waals surface area contributed by atoms with Gasteiger partial charge in [-0.1, -0.05) is 0 Å². The van der Waals surface area contributed by atoms with E-state index in [2.05, 4.69) is 30.9 Å². The number of hydrogen-bond acceptors (Lipinski definition) is 1. The Morgan fingerprint density at radius 3 is 2.56 bits per heavy atom. The van der Waals surface area contributed by atoms with Crippen molar-refractivity contribution in [2.24, 2.45) is 16.5 Å². The van der Waals surface area contributed by atoms with Crippen molar-refractivity contribution >= 4 is 38.6 Å². The lowest BCUT2D eigenvalue weighted by Crippen LogP contribution is -3.00. The molecule has 1 heterocycles. The summed E-state index contributed by atoms with van der Waals surface area (Å²) in [4.78, 5) is 10.2. The Bertz CT molecular complexity index is 538. The molecule has 0 saturated heterocycles. The van der Waals surface area contributed by atoms with Gasteiger partial charge in [0.2, 0.25) is 12.4 Å². The number of hydrogen-bond donors (Lipinski definition) is 2. The summed E-state index contributed by atoms with van der Waals surface area (Å²) in [6.45, 7) is 0. The van der Waals surface area contributed by atoms with E-state index >= 15 is 0 Å². The van der Waals surface area contributed by atoms with Crippen LogP contribution in [0.5, 0.6) is 0 Å². The van der Waals surface area contributed by atoms with Gasteiger partial charge in [0, 0.05) is 6.07 Å². The third-order valence-electron chi connectivity index (χ3n) is 1.92. The standard InChI is InChI=1S/C9H8BrN5.ClH/c10-7-5(15-9(11)12)1-2-6-8(7)14-4-3-13-6;/h1-4H,(H4,11,12,15);1H/p+1. The van der Waals surface area contributed by atoms with Gasteiger partial charge in [0.25, 0.3) is 11.0 Å². The van der Waals surface area contributed by atoms with E-state index in [1.54, 1.807) is 6.20 Å². The van der Waals surface area contributed by atoms with Gasteiger partial charge in [-0.3, -0.25) is 0 Å². The molecule has 0 spiro atoms. The van der Waals surface area contributed by atoms with Crippen molar-refractivity contribution in [1.82, 2.24) is 0 Å². The van der Waals surface area contributed by atoms with E-state index in [1.165, 1.54) is 0 Å². The summed E-state index contributed by atoms with van der Waals surface area (Å²) in [6, 6.07) is 3.73. The maximum absolute atomic E-state index is 5.33. The van der Waals surface area contributed by atoms with Gasteiger partial charge in [0.1, 0.15) is 4.47 Å². The SMILES string of the molecule is NC(N)=Nc1ccc2[nH+]cc[nH+]c2c1Br.[Cl-]. The molecule has 1 aromatic heterocycles. The van der Waals surface area contributed by atoms with Gasteiger partial charge in [-0.15, -0.1) is 0 Å². The van der Waals surface area contributed by atoms with Crippen molar-refractivity contribution in [2.75, 3.05) is 0 Å². The number of rotatable bonds is 1. The molecule has 0 amide bonds. The molecular weight excluding hydrogens is 293 g/mol. The number of nitrogens with two attached hydrogens (primary N) is 2. The molecule has 0 aliphatic carbocycles. The molecule has 2 aromatic rings. The highest BCUT2D eigenvalue weighted by atomic mass is 79.9. The van der Waals surface area contributed by atoms with Crippen LogP contribution in [0.4, 0.5) is 5.69 Å². The molecule has 5 nitrogen and oxygen atoms in total. The van der Waals surface area contributed by atoms with Gasteiger partial charge >= 0.3 is 0 Å². The van der Waals surface area contributed by atoms with E-state index < -0.39 is 0 Å². The number of fused-ring (bicyclic) bond motifs is 1. The summed E-state index contributed by atoms with van der Waals surface area (Å²) < 4.78 is 0.824. The summed E-state index contributed by atoms with van der Waals surface area (Å²) in [6.07, 6.45) is 3.61. The zero-order valence-corrected chi connectivity index (χ0v) is 10.5. The lowest BCUT2D eigenvalue weighted by atomic mass is 10.2. The molecule has 7 heteroatoms. The molecule has 0 aliphatic rings. The molecule has 2 rings (SSSR count). The molecule has 84 valence electrons.